The number of benzene rings is 2. The molecule has 1 heteroatoms. The molecule has 0 bridgehead atoms. The Kier molecular flexibility index (Phi) is 5.94. The minimum atomic E-state index is -0.00353. The Morgan fingerprint density at radius 2 is 0.860 bits per heavy atom. The van der Waals surface area contributed by atoms with Gasteiger partial charge in [0.2, 0.25) is 0 Å². The second-order valence-corrected chi connectivity index (χ2v) is 18.2. The fourth-order valence-corrected chi connectivity index (χ4v) is 10.8. The van der Waals surface area contributed by atoms with Crippen LogP contribution in [0.3, 0.4) is 0 Å². The number of allylic oxidation sites excluding steroid dienone is 2. The minimum absolute atomic E-state index is 0.00353. The van der Waals surface area contributed by atoms with Gasteiger partial charge in [0.15, 0.2) is 0 Å². The summed E-state index contributed by atoms with van der Waals surface area (Å²) in [5.41, 5.74) is 18.5. The van der Waals surface area contributed by atoms with E-state index in [0.29, 0.717) is 5.92 Å². The Morgan fingerprint density at radius 3 is 1.30 bits per heavy atom. The monoisotopic (exact) mass is 578 g/mol. The van der Waals surface area contributed by atoms with Crippen molar-refractivity contribution in [1.29, 1.82) is 0 Å². The van der Waals surface area contributed by atoms with Gasteiger partial charge in [0.05, 0.1) is 7.11 Å². The summed E-state index contributed by atoms with van der Waals surface area (Å²) in [5, 5.41) is 0. The molecular weight excluding hydrogens is 520 g/mol. The summed E-state index contributed by atoms with van der Waals surface area (Å²) in [6.07, 6.45) is 15.0. The smallest absolute Gasteiger partial charge is 0.131 e. The summed E-state index contributed by atoms with van der Waals surface area (Å²) in [5.74, 6) is 1.65. The molecule has 0 heterocycles. The number of fused-ring (bicyclic) bond motifs is 6. The Morgan fingerprint density at radius 1 is 0.488 bits per heavy atom. The zero-order chi connectivity index (χ0) is 31.3. The second-order valence-electron chi connectivity index (χ2n) is 18.2. The van der Waals surface area contributed by atoms with E-state index in [9.17, 15) is 0 Å². The van der Waals surface area contributed by atoms with Crippen LogP contribution in [-0.4, -0.2) is 7.11 Å². The first kappa shape index (κ1) is 29.7. The first-order valence-corrected chi connectivity index (χ1v) is 17.6. The summed E-state index contributed by atoms with van der Waals surface area (Å²) in [4.78, 5) is 0. The molecule has 0 aliphatic heterocycles. The molecule has 5 aliphatic rings. The van der Waals surface area contributed by atoms with E-state index in [1.807, 2.05) is 7.11 Å². The van der Waals surface area contributed by atoms with Crippen LogP contribution < -0.4 is 4.74 Å². The minimum Gasteiger partial charge on any atom is -0.496 e. The van der Waals surface area contributed by atoms with Gasteiger partial charge in [-0.25, -0.2) is 0 Å². The molecule has 1 nitrogen and oxygen atoms in total. The number of hydrogen-bond donors (Lipinski definition) is 0. The lowest BCUT2D eigenvalue weighted by Gasteiger charge is -2.45. The van der Waals surface area contributed by atoms with Crippen LogP contribution in [0.25, 0.3) is 11.1 Å². The maximum atomic E-state index is 6.81. The van der Waals surface area contributed by atoms with Crippen molar-refractivity contribution in [3.8, 4) is 16.9 Å². The maximum absolute atomic E-state index is 6.81. The van der Waals surface area contributed by atoms with E-state index in [0.717, 1.165) is 0 Å². The molecule has 2 aromatic rings. The van der Waals surface area contributed by atoms with E-state index in [-0.39, 0.29) is 32.5 Å². The van der Waals surface area contributed by atoms with Gasteiger partial charge in [-0.15, -0.1) is 0 Å². The molecule has 0 N–H and O–H groups in total. The van der Waals surface area contributed by atoms with Gasteiger partial charge < -0.3 is 4.74 Å². The molecule has 0 saturated heterocycles. The van der Waals surface area contributed by atoms with E-state index in [1.165, 1.54) is 68.2 Å². The van der Waals surface area contributed by atoms with Gasteiger partial charge in [-0.1, -0.05) is 95.2 Å². The van der Waals surface area contributed by atoms with Crippen LogP contribution in [0.1, 0.15) is 165 Å². The largest absolute Gasteiger partial charge is 0.496 e. The Balaban J connectivity index is 1.71. The first-order chi connectivity index (χ1) is 19.9. The molecule has 0 radical (unpaired) electrons. The molecule has 0 amide bonds. The predicted octanol–water partition coefficient (Wildman–Crippen LogP) is 11.0. The Labute approximate surface area is 263 Å². The average molecular weight is 579 g/mol. The SMILES string of the molecule is COc1c(-c2c3c(c4c(c2C2C=C2)C(C)(C)C(C)(C)C4(C)C)CCCC3)c2c(c3c1C(C)(C)C(C)(C)C3(C)C)CCCC2. The molecule has 0 saturated carbocycles. The molecule has 0 atom stereocenters. The van der Waals surface area contributed by atoms with Gasteiger partial charge in [0, 0.05) is 17.0 Å². The predicted molar refractivity (Wildman–Crippen MR) is 183 cm³/mol. The van der Waals surface area contributed by atoms with Gasteiger partial charge in [0.25, 0.3) is 0 Å². The highest BCUT2D eigenvalue weighted by molar-refractivity contribution is 5.89. The first-order valence-electron chi connectivity index (χ1n) is 17.6. The highest BCUT2D eigenvalue weighted by atomic mass is 16.5. The van der Waals surface area contributed by atoms with Crippen LogP contribution in [0.2, 0.25) is 0 Å². The van der Waals surface area contributed by atoms with Crippen LogP contribution in [-0.2, 0) is 47.3 Å². The summed E-state index contributed by atoms with van der Waals surface area (Å²) >= 11 is 0. The van der Waals surface area contributed by atoms with Crippen LogP contribution in [0.15, 0.2) is 12.2 Å². The summed E-state index contributed by atoms with van der Waals surface area (Å²) in [7, 11) is 1.98. The van der Waals surface area contributed by atoms with Crippen molar-refractivity contribution in [2.75, 3.05) is 7.11 Å². The quantitative estimate of drug-likeness (QED) is 0.329. The third-order valence-electron chi connectivity index (χ3n) is 15.6. The number of hydrogen-bond acceptors (Lipinski definition) is 1. The average Bonchev–Trinajstić information content (AvgIpc) is 3.76. The van der Waals surface area contributed by atoms with Crippen molar-refractivity contribution in [3.63, 3.8) is 0 Å². The van der Waals surface area contributed by atoms with Crippen LogP contribution >= 0.6 is 0 Å². The second kappa shape index (κ2) is 8.61. The van der Waals surface area contributed by atoms with Crippen molar-refractivity contribution in [2.45, 2.75) is 162 Å². The van der Waals surface area contributed by atoms with Gasteiger partial charge in [0.1, 0.15) is 5.75 Å². The fraction of sp³-hybridized carbons (Fsp3) is 0.667. The van der Waals surface area contributed by atoms with E-state index in [1.54, 1.807) is 50.1 Å². The van der Waals surface area contributed by atoms with Crippen molar-refractivity contribution in [3.05, 3.63) is 62.2 Å². The molecule has 0 unspecified atom stereocenters. The summed E-state index contributed by atoms with van der Waals surface area (Å²) in [6.45, 7) is 30.5. The van der Waals surface area contributed by atoms with E-state index in [2.05, 4.69) is 95.2 Å². The fourth-order valence-electron chi connectivity index (χ4n) is 10.8. The lowest BCUT2D eigenvalue weighted by Crippen LogP contribution is -2.42. The van der Waals surface area contributed by atoms with Crippen LogP contribution in [0.4, 0.5) is 0 Å². The third kappa shape index (κ3) is 3.26. The molecule has 0 spiro atoms. The molecule has 0 aromatic heterocycles. The molecular formula is C42H58O. The van der Waals surface area contributed by atoms with Crippen molar-refractivity contribution in [2.24, 2.45) is 10.8 Å². The van der Waals surface area contributed by atoms with Crippen molar-refractivity contribution < 1.29 is 4.74 Å². The van der Waals surface area contributed by atoms with Gasteiger partial charge in [-0.2, -0.15) is 0 Å². The van der Waals surface area contributed by atoms with E-state index in [4.69, 9.17) is 4.74 Å². The van der Waals surface area contributed by atoms with Crippen molar-refractivity contribution >= 4 is 0 Å². The zero-order valence-electron chi connectivity index (χ0n) is 29.8. The highest BCUT2D eigenvalue weighted by Gasteiger charge is 2.62. The van der Waals surface area contributed by atoms with Gasteiger partial charge in [-0.3, -0.25) is 0 Å². The number of rotatable bonds is 3. The molecule has 232 valence electrons. The molecule has 2 aromatic carbocycles. The van der Waals surface area contributed by atoms with E-state index < -0.39 is 0 Å². The standard InChI is InChI=1S/C42H58O/c1-37(2)32-27-20-16-14-18-25(27)30(29(24-22-23-24)34(32)39(5,6)41(37,9)10)31-26-19-15-17-21-28(26)33-35(36(31)43-13)40(7,8)42(11,12)38(33,3)4/h22-24H,14-21H2,1-13H3. The molecule has 43 heavy (non-hydrogen) atoms. The summed E-state index contributed by atoms with van der Waals surface area (Å²) < 4.78 is 6.81. The Hall–Kier alpha value is -2.02. The topological polar surface area (TPSA) is 9.23 Å². The normalized spacial score (nSPS) is 26.0. The van der Waals surface area contributed by atoms with Crippen molar-refractivity contribution in [1.82, 2.24) is 0 Å². The molecule has 0 fully saturated rings. The zero-order valence-corrected chi connectivity index (χ0v) is 29.8. The number of ether oxygens (including phenoxy) is 1. The number of methoxy groups -OCH3 is 1. The molecule has 5 aliphatic carbocycles. The molecule has 7 rings (SSSR count). The lowest BCUT2D eigenvalue weighted by atomic mass is 9.59. The van der Waals surface area contributed by atoms with Crippen LogP contribution in [0.5, 0.6) is 5.75 Å². The van der Waals surface area contributed by atoms with E-state index >= 15 is 0 Å². The van der Waals surface area contributed by atoms with Gasteiger partial charge >= 0.3 is 0 Å². The maximum Gasteiger partial charge on any atom is 0.131 e. The van der Waals surface area contributed by atoms with Gasteiger partial charge in [-0.05, 0) is 134 Å². The Bertz CT molecular complexity index is 1590. The third-order valence-corrected chi connectivity index (χ3v) is 15.6. The summed E-state index contributed by atoms with van der Waals surface area (Å²) in [6, 6.07) is 0. The van der Waals surface area contributed by atoms with Crippen LogP contribution in [0, 0.1) is 10.8 Å². The lowest BCUT2D eigenvalue weighted by molar-refractivity contribution is 0.123. The highest BCUT2D eigenvalue weighted by Crippen LogP contribution is 2.70.